The Morgan fingerprint density at radius 3 is 2.48 bits per heavy atom. The maximum Gasteiger partial charge on any atom is 0.471 e. The number of carbonyl (C=O) groups is 3. The van der Waals surface area contributed by atoms with E-state index in [1.807, 2.05) is 19.9 Å². The number of carbonyl (C=O) groups excluding carboxylic acids is 3. The minimum Gasteiger partial charge on any atom is -0.480 e. The number of halogens is 3. The van der Waals surface area contributed by atoms with Crippen LogP contribution < -0.4 is 15.4 Å². The number of amides is 3. The van der Waals surface area contributed by atoms with Crippen molar-refractivity contribution in [2.75, 3.05) is 20.8 Å². The van der Waals surface area contributed by atoms with Crippen LogP contribution in [0.5, 0.6) is 5.88 Å². The number of nitriles is 1. The molecule has 11 nitrogen and oxygen atoms in total. The first-order chi connectivity index (χ1) is 19.7. The van der Waals surface area contributed by atoms with Crippen LogP contribution in [0, 0.1) is 40.9 Å². The normalized spacial score (nSPS) is 22.6. The van der Waals surface area contributed by atoms with Crippen LogP contribution in [-0.4, -0.2) is 77.7 Å². The van der Waals surface area contributed by atoms with E-state index >= 15 is 0 Å². The molecule has 2 aliphatic rings. The lowest BCUT2D eigenvalue weighted by molar-refractivity contribution is -0.176. The van der Waals surface area contributed by atoms with Gasteiger partial charge in [-0.2, -0.15) is 18.4 Å². The van der Waals surface area contributed by atoms with Gasteiger partial charge in [-0.1, -0.05) is 19.8 Å². The highest BCUT2D eigenvalue weighted by atomic mass is 19.4. The van der Waals surface area contributed by atoms with E-state index in [0.717, 1.165) is 4.90 Å². The van der Waals surface area contributed by atoms with Gasteiger partial charge in [0.05, 0.1) is 24.8 Å². The summed E-state index contributed by atoms with van der Waals surface area (Å²) < 4.78 is 49.5. The second-order valence-electron chi connectivity index (χ2n) is 10.8. The molecule has 42 heavy (non-hydrogen) atoms. The number of hydrogen-bond acceptors (Lipinski definition) is 8. The lowest BCUT2D eigenvalue weighted by Gasteiger charge is -2.35. The van der Waals surface area contributed by atoms with E-state index in [1.165, 1.54) is 39.7 Å². The van der Waals surface area contributed by atoms with Crippen molar-refractivity contribution in [1.82, 2.24) is 25.5 Å². The van der Waals surface area contributed by atoms with E-state index in [2.05, 4.69) is 21.2 Å². The van der Waals surface area contributed by atoms with Crippen LogP contribution >= 0.6 is 0 Å². The van der Waals surface area contributed by atoms with E-state index < -0.39 is 48.1 Å². The van der Waals surface area contributed by atoms with E-state index in [-0.39, 0.29) is 40.8 Å². The Bertz CT molecular complexity index is 1510. The molecule has 0 aromatic carbocycles. The van der Waals surface area contributed by atoms with Gasteiger partial charge in [0.2, 0.25) is 17.7 Å². The molecule has 1 aliphatic carbocycles. The van der Waals surface area contributed by atoms with Gasteiger partial charge in [0.15, 0.2) is 0 Å². The summed E-state index contributed by atoms with van der Waals surface area (Å²) in [6.07, 6.45) is 3.67. The van der Waals surface area contributed by atoms with Crippen molar-refractivity contribution in [3.05, 3.63) is 29.7 Å². The molecule has 222 valence electrons. The molecular weight excluding hydrogens is 557 g/mol. The topological polar surface area (TPSA) is 147 Å². The average molecular weight is 587 g/mol. The molecule has 1 aliphatic heterocycles. The Labute approximate surface area is 239 Å². The summed E-state index contributed by atoms with van der Waals surface area (Å²) in [4.78, 5) is 48.6. The second kappa shape index (κ2) is 11.1. The van der Waals surface area contributed by atoms with Crippen molar-refractivity contribution < 1.29 is 37.0 Å². The van der Waals surface area contributed by atoms with Gasteiger partial charge in [-0.25, -0.2) is 4.98 Å². The van der Waals surface area contributed by atoms with Gasteiger partial charge >= 0.3 is 12.1 Å². The summed E-state index contributed by atoms with van der Waals surface area (Å²) in [5.41, 5.74) is 0.164. The first kappa shape index (κ1) is 30.5. The Hall–Kier alpha value is -4.43. The first-order valence-electron chi connectivity index (χ1n) is 12.9. The van der Waals surface area contributed by atoms with Crippen LogP contribution in [-0.2, 0) is 19.1 Å². The largest absolute Gasteiger partial charge is 0.480 e. The summed E-state index contributed by atoms with van der Waals surface area (Å²) in [5.74, 6) is -1.74. The van der Waals surface area contributed by atoms with E-state index in [4.69, 9.17) is 15.9 Å². The summed E-state index contributed by atoms with van der Waals surface area (Å²) in [5, 5.41) is 15.4. The van der Waals surface area contributed by atoms with Gasteiger partial charge in [0, 0.05) is 48.6 Å². The number of fused-ring (bicyclic) bond motifs is 2. The third kappa shape index (κ3) is 5.18. The fraction of sp³-hybridized carbons (Fsp3) is 0.500. The molecule has 2 aromatic rings. The van der Waals surface area contributed by atoms with E-state index in [1.54, 1.807) is 5.32 Å². The maximum absolute atomic E-state index is 13.8. The first-order valence-corrected chi connectivity index (χ1v) is 12.9. The van der Waals surface area contributed by atoms with Crippen molar-refractivity contribution in [1.29, 1.82) is 5.26 Å². The number of piperidine rings is 1. The molecule has 2 fully saturated rings. The third-order valence-electron chi connectivity index (χ3n) is 8.27. The summed E-state index contributed by atoms with van der Waals surface area (Å²) in [6, 6.07) is -2.09. The standard InChI is InChI=1S/C28H29F3N6O5/c1-7-15-19-14(10-34-24(15)42-6)9-33-11-16(19)18(8-32)35-23(38)22-20-17(27(20,3)4)12-37(22)25(39)21(13(2)41-5)36-26(40)28(29,30)31/h1,9-11,13,17-18,20-22H,12H2,2-6H3,(H,35,38)(H,36,40)/t13-,17+,18?,20+,21+,22+/m1/s1. The van der Waals surface area contributed by atoms with Crippen molar-refractivity contribution >= 4 is 28.5 Å². The number of nitrogens with one attached hydrogen (secondary N) is 2. The van der Waals surface area contributed by atoms with Gasteiger partial charge in [-0.3, -0.25) is 19.4 Å². The van der Waals surface area contributed by atoms with Crippen LogP contribution in [0.4, 0.5) is 13.2 Å². The number of terminal acetylenes is 1. The number of aromatic nitrogens is 2. The Kier molecular flexibility index (Phi) is 8.07. The molecule has 0 spiro atoms. The SMILES string of the molecule is C#Cc1c(OC)ncc2cncc(C(C#N)NC(=O)[C@@H]3[C@@H]4[C@H](CN3C(=O)[C@@H](NC(=O)C(F)(F)F)[C@@H](C)OC)C4(C)C)c12. The summed E-state index contributed by atoms with van der Waals surface area (Å²) in [7, 11) is 2.57. The molecule has 4 rings (SSSR count). The molecule has 2 aromatic heterocycles. The molecule has 6 atom stereocenters. The molecule has 3 heterocycles. The molecule has 0 bridgehead atoms. The zero-order valence-electron chi connectivity index (χ0n) is 23.4. The zero-order chi connectivity index (χ0) is 31.1. The molecule has 1 saturated carbocycles. The Morgan fingerprint density at radius 1 is 1.21 bits per heavy atom. The lowest BCUT2D eigenvalue weighted by Crippen LogP contribution is -2.60. The van der Waals surface area contributed by atoms with Gasteiger partial charge in [0.1, 0.15) is 18.1 Å². The summed E-state index contributed by atoms with van der Waals surface area (Å²) in [6.45, 7) is 5.24. The van der Waals surface area contributed by atoms with Gasteiger partial charge < -0.3 is 25.0 Å². The Balaban J connectivity index is 1.68. The predicted octanol–water partition coefficient (Wildman–Crippen LogP) is 1.87. The highest BCUT2D eigenvalue weighted by Crippen LogP contribution is 2.65. The molecule has 2 N–H and O–H groups in total. The average Bonchev–Trinajstić information content (AvgIpc) is 3.27. The fourth-order valence-corrected chi connectivity index (χ4v) is 5.83. The van der Waals surface area contributed by atoms with Crippen LogP contribution in [0.25, 0.3) is 10.8 Å². The third-order valence-corrected chi connectivity index (χ3v) is 8.27. The van der Waals surface area contributed by atoms with Crippen LogP contribution in [0.15, 0.2) is 18.6 Å². The highest BCUT2D eigenvalue weighted by molar-refractivity contribution is 5.96. The van der Waals surface area contributed by atoms with Crippen molar-refractivity contribution in [2.45, 2.75) is 51.2 Å². The number of likely N-dealkylation sites (tertiary alicyclic amines) is 1. The minimum atomic E-state index is -5.24. The maximum atomic E-state index is 13.8. The molecule has 3 amide bonds. The summed E-state index contributed by atoms with van der Waals surface area (Å²) >= 11 is 0. The number of hydrogen-bond donors (Lipinski definition) is 2. The number of ether oxygens (including phenoxy) is 2. The van der Waals surface area contributed by atoms with Crippen LogP contribution in [0.1, 0.15) is 37.9 Å². The molecule has 1 saturated heterocycles. The van der Waals surface area contributed by atoms with Crippen molar-refractivity contribution in [3.63, 3.8) is 0 Å². The van der Waals surface area contributed by atoms with E-state index in [0.29, 0.717) is 10.8 Å². The molecule has 0 radical (unpaired) electrons. The predicted molar refractivity (Wildman–Crippen MR) is 141 cm³/mol. The monoisotopic (exact) mass is 586 g/mol. The minimum absolute atomic E-state index is 0.0700. The number of pyridine rings is 2. The molecule has 14 heteroatoms. The van der Waals surface area contributed by atoms with Gasteiger partial charge in [-0.05, 0) is 24.2 Å². The van der Waals surface area contributed by atoms with Crippen molar-refractivity contribution in [2.24, 2.45) is 17.3 Å². The smallest absolute Gasteiger partial charge is 0.471 e. The quantitative estimate of drug-likeness (QED) is 0.446. The lowest BCUT2D eigenvalue weighted by atomic mass is 9.97. The zero-order valence-corrected chi connectivity index (χ0v) is 23.4. The molecule has 1 unspecified atom stereocenters. The number of methoxy groups -OCH3 is 2. The second-order valence-corrected chi connectivity index (χ2v) is 10.8. The molecular formula is C28H29F3N6O5. The van der Waals surface area contributed by atoms with Crippen LogP contribution in [0.2, 0.25) is 0 Å². The highest BCUT2D eigenvalue weighted by Gasteiger charge is 2.69. The number of alkyl halides is 3. The fourth-order valence-electron chi connectivity index (χ4n) is 5.83. The van der Waals surface area contributed by atoms with E-state index in [9.17, 15) is 32.8 Å². The number of nitrogens with zero attached hydrogens (tertiary/aromatic N) is 4. The number of rotatable bonds is 8. The van der Waals surface area contributed by atoms with Gasteiger partial charge in [-0.15, -0.1) is 6.42 Å². The Morgan fingerprint density at radius 2 is 1.90 bits per heavy atom. The van der Waals surface area contributed by atoms with Gasteiger partial charge in [0.25, 0.3) is 0 Å². The van der Waals surface area contributed by atoms with Crippen molar-refractivity contribution in [3.8, 4) is 24.3 Å². The van der Waals surface area contributed by atoms with Crippen LogP contribution in [0.3, 0.4) is 0 Å².